The largest absolute Gasteiger partial charge is 0.454 e. The highest BCUT2D eigenvalue weighted by molar-refractivity contribution is 6.30. The minimum Gasteiger partial charge on any atom is -0.454 e. The van der Waals surface area contributed by atoms with Gasteiger partial charge in [0.25, 0.3) is 0 Å². The Morgan fingerprint density at radius 1 is 1.07 bits per heavy atom. The maximum Gasteiger partial charge on any atom is 0.341 e. The van der Waals surface area contributed by atoms with Crippen LogP contribution in [0.4, 0.5) is 10.1 Å². The van der Waals surface area contributed by atoms with Gasteiger partial charge in [-0.05, 0) is 42.5 Å². The van der Waals surface area contributed by atoms with Crippen LogP contribution in [0.1, 0.15) is 41.5 Å². The molecule has 0 fully saturated rings. The maximum absolute atomic E-state index is 13.6. The number of halogens is 2. The fourth-order valence-corrected chi connectivity index (χ4v) is 2.18. The number of carbonyl (C=O) groups is 3. The van der Waals surface area contributed by atoms with E-state index in [1.54, 1.807) is 32.9 Å². The van der Waals surface area contributed by atoms with Crippen LogP contribution in [0.3, 0.4) is 0 Å². The van der Waals surface area contributed by atoms with Gasteiger partial charge in [-0.25, -0.2) is 9.18 Å². The molecule has 27 heavy (non-hydrogen) atoms. The van der Waals surface area contributed by atoms with Crippen molar-refractivity contribution in [2.75, 3.05) is 11.9 Å². The van der Waals surface area contributed by atoms with Crippen molar-refractivity contribution >= 4 is 34.9 Å². The summed E-state index contributed by atoms with van der Waals surface area (Å²) < 4.78 is 18.5. The Morgan fingerprint density at radius 3 is 2.30 bits per heavy atom. The molecule has 2 rings (SSSR count). The molecule has 142 valence electrons. The number of Topliss-reactive ketones (excluding diaryl/α,β-unsaturated/α-hetero) is 1. The number of hydrogen-bond acceptors (Lipinski definition) is 4. The van der Waals surface area contributed by atoms with Crippen molar-refractivity contribution < 1.29 is 23.5 Å². The monoisotopic (exact) mass is 391 g/mol. The number of nitrogens with one attached hydrogen (secondary N) is 1. The Balaban J connectivity index is 1.97. The van der Waals surface area contributed by atoms with E-state index < -0.39 is 29.6 Å². The summed E-state index contributed by atoms with van der Waals surface area (Å²) in [5, 5.41) is 2.92. The topological polar surface area (TPSA) is 72.5 Å². The van der Waals surface area contributed by atoms with Crippen molar-refractivity contribution in [2.45, 2.75) is 20.8 Å². The fraction of sp³-hybridized carbons (Fsp3) is 0.250. The highest BCUT2D eigenvalue weighted by Crippen LogP contribution is 2.18. The van der Waals surface area contributed by atoms with Crippen LogP contribution in [0.5, 0.6) is 0 Å². The Hall–Kier alpha value is -2.73. The molecule has 0 unspecified atom stereocenters. The van der Waals surface area contributed by atoms with Crippen molar-refractivity contribution in [1.82, 2.24) is 0 Å². The molecule has 2 aromatic rings. The lowest BCUT2D eigenvalue weighted by Crippen LogP contribution is -2.27. The first kappa shape index (κ1) is 20.6. The standard InChI is InChI=1S/C20H19ClFNO4/c1-20(2,3)19(26)23-14-7-4-12(5-8-14)17(24)11-27-18(25)15-10-13(21)6-9-16(15)22/h4-10H,11H2,1-3H3,(H,23,26). The second-order valence-electron chi connectivity index (χ2n) is 6.90. The van der Waals surface area contributed by atoms with Crippen molar-refractivity contribution in [1.29, 1.82) is 0 Å². The molecule has 0 aliphatic rings. The molecule has 0 heterocycles. The number of benzene rings is 2. The number of hydrogen-bond donors (Lipinski definition) is 1. The van der Waals surface area contributed by atoms with Crippen LogP contribution in [-0.2, 0) is 9.53 Å². The predicted molar refractivity (Wildman–Crippen MR) is 101 cm³/mol. The first-order valence-electron chi connectivity index (χ1n) is 8.15. The summed E-state index contributed by atoms with van der Waals surface area (Å²) in [6.45, 7) is 4.82. The van der Waals surface area contributed by atoms with E-state index in [-0.39, 0.29) is 16.5 Å². The Morgan fingerprint density at radius 2 is 1.70 bits per heavy atom. The zero-order valence-corrected chi connectivity index (χ0v) is 15.9. The lowest BCUT2D eigenvalue weighted by molar-refractivity contribution is -0.123. The highest BCUT2D eigenvalue weighted by Gasteiger charge is 2.21. The maximum atomic E-state index is 13.6. The summed E-state index contributed by atoms with van der Waals surface area (Å²) in [7, 11) is 0. The SMILES string of the molecule is CC(C)(C)C(=O)Nc1ccc(C(=O)COC(=O)c2cc(Cl)ccc2F)cc1. The lowest BCUT2D eigenvalue weighted by Gasteiger charge is -2.17. The number of rotatable bonds is 5. The van der Waals surface area contributed by atoms with Crippen molar-refractivity contribution in [2.24, 2.45) is 5.41 Å². The van der Waals surface area contributed by atoms with Gasteiger partial charge in [-0.1, -0.05) is 32.4 Å². The predicted octanol–water partition coefficient (Wildman–Crippen LogP) is 4.50. The molecule has 0 radical (unpaired) electrons. The molecular weight excluding hydrogens is 373 g/mol. The molecule has 0 atom stereocenters. The fourth-order valence-electron chi connectivity index (χ4n) is 2.00. The summed E-state index contributed by atoms with van der Waals surface area (Å²) in [4.78, 5) is 36.0. The second kappa shape index (κ2) is 8.31. The minimum atomic E-state index is -0.975. The number of amides is 1. The Kier molecular flexibility index (Phi) is 6.33. The van der Waals surface area contributed by atoms with E-state index in [0.717, 1.165) is 12.1 Å². The van der Waals surface area contributed by atoms with Crippen molar-refractivity contribution in [3.63, 3.8) is 0 Å². The van der Waals surface area contributed by atoms with Gasteiger partial charge in [-0.3, -0.25) is 9.59 Å². The van der Waals surface area contributed by atoms with Gasteiger partial charge in [0.15, 0.2) is 12.4 Å². The van der Waals surface area contributed by atoms with Crippen LogP contribution < -0.4 is 5.32 Å². The first-order valence-corrected chi connectivity index (χ1v) is 8.52. The molecule has 0 spiro atoms. The van der Waals surface area contributed by atoms with E-state index in [2.05, 4.69) is 5.32 Å². The highest BCUT2D eigenvalue weighted by atomic mass is 35.5. The summed E-state index contributed by atoms with van der Waals surface area (Å²) in [5.74, 6) is -2.37. The van der Waals surface area contributed by atoms with Gasteiger partial charge >= 0.3 is 5.97 Å². The van der Waals surface area contributed by atoms with Gasteiger partial charge in [-0.15, -0.1) is 0 Å². The number of anilines is 1. The van der Waals surface area contributed by atoms with Gasteiger partial charge in [0.2, 0.25) is 5.91 Å². The zero-order chi connectivity index (χ0) is 20.2. The van der Waals surface area contributed by atoms with Crippen LogP contribution >= 0.6 is 11.6 Å². The van der Waals surface area contributed by atoms with Crippen LogP contribution in [0, 0.1) is 11.2 Å². The number of ether oxygens (including phenoxy) is 1. The third kappa shape index (κ3) is 5.62. The second-order valence-corrected chi connectivity index (χ2v) is 7.34. The summed E-state index contributed by atoms with van der Waals surface area (Å²) in [6, 6.07) is 9.66. The smallest absolute Gasteiger partial charge is 0.341 e. The Bertz CT molecular complexity index is 873. The molecule has 1 amide bonds. The van der Waals surface area contributed by atoms with Gasteiger partial charge in [0.05, 0.1) is 5.56 Å². The molecule has 0 aromatic heterocycles. The molecule has 0 bridgehead atoms. The van der Waals surface area contributed by atoms with Gasteiger partial charge < -0.3 is 10.1 Å². The Labute approximate surface area is 161 Å². The van der Waals surface area contributed by atoms with Crippen LogP contribution in [0.25, 0.3) is 0 Å². The summed E-state index contributed by atoms with van der Waals surface area (Å²) in [6.07, 6.45) is 0. The van der Waals surface area contributed by atoms with E-state index in [9.17, 15) is 18.8 Å². The third-order valence-electron chi connectivity index (χ3n) is 3.63. The van der Waals surface area contributed by atoms with E-state index in [0.29, 0.717) is 11.3 Å². The molecular formula is C20H19ClFNO4. The normalized spacial score (nSPS) is 11.0. The average molecular weight is 392 g/mol. The van der Waals surface area contributed by atoms with Gasteiger partial charge in [-0.2, -0.15) is 0 Å². The first-order chi connectivity index (χ1) is 12.6. The lowest BCUT2D eigenvalue weighted by atomic mass is 9.95. The molecule has 0 aliphatic heterocycles. The summed E-state index contributed by atoms with van der Waals surface area (Å²) in [5.41, 5.74) is -0.0405. The molecule has 0 saturated carbocycles. The van der Waals surface area contributed by atoms with E-state index in [4.69, 9.17) is 16.3 Å². The van der Waals surface area contributed by atoms with E-state index in [1.165, 1.54) is 18.2 Å². The van der Waals surface area contributed by atoms with Crippen LogP contribution in [0.15, 0.2) is 42.5 Å². The number of carbonyl (C=O) groups excluding carboxylic acids is 3. The summed E-state index contributed by atoms with van der Waals surface area (Å²) >= 11 is 5.73. The van der Waals surface area contributed by atoms with Crippen molar-refractivity contribution in [3.05, 3.63) is 64.4 Å². The molecule has 2 aromatic carbocycles. The molecule has 1 N–H and O–H groups in total. The van der Waals surface area contributed by atoms with Crippen molar-refractivity contribution in [3.8, 4) is 0 Å². The number of ketones is 1. The number of esters is 1. The minimum absolute atomic E-state index is 0.154. The van der Waals surface area contributed by atoms with Crippen LogP contribution in [0.2, 0.25) is 5.02 Å². The molecule has 5 nitrogen and oxygen atoms in total. The van der Waals surface area contributed by atoms with Gasteiger partial charge in [0, 0.05) is 21.7 Å². The zero-order valence-electron chi connectivity index (χ0n) is 15.1. The third-order valence-corrected chi connectivity index (χ3v) is 3.86. The average Bonchev–Trinajstić information content (AvgIpc) is 2.61. The molecule has 0 aliphatic carbocycles. The van der Waals surface area contributed by atoms with E-state index >= 15 is 0 Å². The van der Waals surface area contributed by atoms with Crippen LogP contribution in [-0.4, -0.2) is 24.3 Å². The van der Waals surface area contributed by atoms with Gasteiger partial charge in [0.1, 0.15) is 5.82 Å². The molecule has 0 saturated heterocycles. The quantitative estimate of drug-likeness (QED) is 0.601. The van der Waals surface area contributed by atoms with E-state index in [1.807, 2.05) is 0 Å². The molecule has 7 heteroatoms.